The number of ether oxygens (including phenoxy) is 1. The summed E-state index contributed by atoms with van der Waals surface area (Å²) in [6.45, 7) is 3.76. The maximum Gasteiger partial charge on any atom is 0.360 e. The van der Waals surface area contributed by atoms with Crippen LogP contribution in [0.4, 0.5) is 10.2 Å². The summed E-state index contributed by atoms with van der Waals surface area (Å²) in [6, 6.07) is 4.49. The first-order chi connectivity index (χ1) is 9.99. The number of carbonyl (C=O) groups excluding carboxylic acids is 1. The van der Waals surface area contributed by atoms with Crippen molar-refractivity contribution in [3.8, 4) is 5.69 Å². The first kappa shape index (κ1) is 15.5. The molecule has 0 saturated carbocycles. The predicted octanol–water partition coefficient (Wildman–Crippen LogP) is 3.10. The van der Waals surface area contributed by atoms with Crippen molar-refractivity contribution in [3.63, 3.8) is 0 Å². The quantitative estimate of drug-likeness (QED) is 0.855. The topological polar surface area (TPSA) is 70.1 Å². The molecule has 0 aliphatic heterocycles. The number of carbonyl (C=O) groups is 1. The summed E-state index contributed by atoms with van der Waals surface area (Å²) < 4.78 is 21.1. The van der Waals surface area contributed by atoms with Gasteiger partial charge >= 0.3 is 5.97 Å². The second-order valence-electron chi connectivity index (χ2n) is 4.27. The van der Waals surface area contributed by atoms with Gasteiger partial charge in [0.1, 0.15) is 17.5 Å². The van der Waals surface area contributed by atoms with Crippen molar-refractivity contribution in [2.24, 2.45) is 0 Å². The number of nitrogen functional groups attached to an aromatic ring is 1. The van der Waals surface area contributed by atoms with Gasteiger partial charge in [-0.3, -0.25) is 4.57 Å². The van der Waals surface area contributed by atoms with E-state index in [0.717, 1.165) is 0 Å². The summed E-state index contributed by atoms with van der Waals surface area (Å²) in [5.74, 6) is -0.499. The molecule has 2 rings (SSSR count). The minimum atomic E-state index is -0.612. The highest BCUT2D eigenvalue weighted by molar-refractivity contribution is 9.10. The number of hydrogen-bond donors (Lipinski definition) is 1. The molecule has 112 valence electrons. The molecule has 5 nitrogen and oxygen atoms in total. The summed E-state index contributed by atoms with van der Waals surface area (Å²) in [5, 5.41) is 0. The Kier molecular flexibility index (Phi) is 4.62. The fraction of sp³-hybridized carbons (Fsp3) is 0.286. The molecule has 0 amide bonds. The number of nitrogens with zero attached hydrogens (tertiary/aromatic N) is 2. The van der Waals surface area contributed by atoms with Gasteiger partial charge in [-0.1, -0.05) is 22.9 Å². The SMILES string of the molecule is CCOC(=O)c1nc(CC)n(-c2cc(Br)ccc2F)c1N. The molecule has 0 bridgehead atoms. The largest absolute Gasteiger partial charge is 0.461 e. The molecule has 0 aliphatic carbocycles. The maximum atomic E-state index is 14.1. The fourth-order valence-electron chi connectivity index (χ4n) is 1.99. The van der Waals surface area contributed by atoms with Crippen molar-refractivity contribution in [2.75, 3.05) is 12.3 Å². The van der Waals surface area contributed by atoms with Crippen LogP contribution in [0.5, 0.6) is 0 Å². The van der Waals surface area contributed by atoms with Crippen LogP contribution in [0.2, 0.25) is 0 Å². The number of esters is 1. The van der Waals surface area contributed by atoms with Gasteiger partial charge in [0.2, 0.25) is 0 Å². The highest BCUT2D eigenvalue weighted by Crippen LogP contribution is 2.26. The van der Waals surface area contributed by atoms with E-state index in [0.29, 0.717) is 16.7 Å². The van der Waals surface area contributed by atoms with Crippen molar-refractivity contribution < 1.29 is 13.9 Å². The van der Waals surface area contributed by atoms with Gasteiger partial charge in [-0.15, -0.1) is 0 Å². The molecule has 0 radical (unpaired) electrons. The second kappa shape index (κ2) is 6.26. The third-order valence-electron chi connectivity index (χ3n) is 2.92. The van der Waals surface area contributed by atoms with Crippen LogP contribution >= 0.6 is 15.9 Å². The molecule has 0 spiro atoms. The second-order valence-corrected chi connectivity index (χ2v) is 5.18. The lowest BCUT2D eigenvalue weighted by atomic mass is 10.3. The van der Waals surface area contributed by atoms with Gasteiger partial charge in [0, 0.05) is 10.9 Å². The Hall–Kier alpha value is -1.89. The van der Waals surface area contributed by atoms with Gasteiger partial charge in [0.15, 0.2) is 5.69 Å². The van der Waals surface area contributed by atoms with E-state index in [1.165, 1.54) is 10.6 Å². The van der Waals surface area contributed by atoms with E-state index in [1.807, 2.05) is 6.92 Å². The Morgan fingerprint density at radius 2 is 2.19 bits per heavy atom. The van der Waals surface area contributed by atoms with Crippen molar-refractivity contribution in [1.82, 2.24) is 9.55 Å². The third kappa shape index (κ3) is 2.92. The zero-order valence-electron chi connectivity index (χ0n) is 11.7. The number of nitrogens with two attached hydrogens (primary N) is 1. The smallest absolute Gasteiger partial charge is 0.360 e. The van der Waals surface area contributed by atoms with E-state index in [1.54, 1.807) is 19.1 Å². The molecule has 0 atom stereocenters. The van der Waals surface area contributed by atoms with Crippen LogP contribution in [-0.4, -0.2) is 22.1 Å². The van der Waals surface area contributed by atoms with E-state index in [2.05, 4.69) is 20.9 Å². The summed E-state index contributed by atoms with van der Waals surface area (Å²) in [6.07, 6.45) is 0.496. The van der Waals surface area contributed by atoms with Crippen LogP contribution in [0, 0.1) is 5.82 Å². The highest BCUT2D eigenvalue weighted by Gasteiger charge is 2.23. The summed E-state index contributed by atoms with van der Waals surface area (Å²) in [7, 11) is 0. The lowest BCUT2D eigenvalue weighted by Crippen LogP contribution is -2.10. The van der Waals surface area contributed by atoms with E-state index in [-0.39, 0.29) is 23.8 Å². The Bertz CT molecular complexity index is 685. The molecule has 2 N–H and O–H groups in total. The predicted molar refractivity (Wildman–Crippen MR) is 81.0 cm³/mol. The molecule has 1 heterocycles. The number of hydrogen-bond acceptors (Lipinski definition) is 4. The molecular formula is C14H15BrFN3O2. The normalized spacial score (nSPS) is 10.7. The van der Waals surface area contributed by atoms with Crippen molar-refractivity contribution in [1.29, 1.82) is 0 Å². The molecule has 21 heavy (non-hydrogen) atoms. The molecule has 1 aromatic carbocycles. The molecule has 7 heteroatoms. The number of aryl methyl sites for hydroxylation is 1. The van der Waals surface area contributed by atoms with Crippen molar-refractivity contribution >= 4 is 27.7 Å². The van der Waals surface area contributed by atoms with E-state index >= 15 is 0 Å². The van der Waals surface area contributed by atoms with Crippen molar-refractivity contribution in [3.05, 3.63) is 40.0 Å². The van der Waals surface area contributed by atoms with Gasteiger partial charge in [-0.05, 0) is 25.1 Å². The number of halogens is 2. The Labute approximate surface area is 130 Å². The van der Waals surface area contributed by atoms with Crippen LogP contribution in [0.15, 0.2) is 22.7 Å². The highest BCUT2D eigenvalue weighted by atomic mass is 79.9. The first-order valence-corrected chi connectivity index (χ1v) is 7.28. The molecular weight excluding hydrogens is 341 g/mol. The number of rotatable bonds is 4. The molecule has 0 aliphatic rings. The van der Waals surface area contributed by atoms with Gasteiger partial charge in [-0.25, -0.2) is 14.2 Å². The number of anilines is 1. The lowest BCUT2D eigenvalue weighted by Gasteiger charge is -2.10. The molecule has 0 unspecified atom stereocenters. The molecule has 1 aromatic heterocycles. The van der Waals surface area contributed by atoms with Gasteiger partial charge in [-0.2, -0.15) is 0 Å². The molecule has 0 fully saturated rings. The van der Waals surface area contributed by atoms with Crippen molar-refractivity contribution in [2.45, 2.75) is 20.3 Å². The van der Waals surface area contributed by atoms with E-state index in [4.69, 9.17) is 10.5 Å². The molecule has 0 saturated heterocycles. The lowest BCUT2D eigenvalue weighted by molar-refractivity contribution is 0.0521. The fourth-order valence-corrected chi connectivity index (χ4v) is 2.34. The average molecular weight is 356 g/mol. The van der Waals surface area contributed by atoms with Crippen LogP contribution in [0.1, 0.15) is 30.2 Å². The number of imidazole rings is 1. The third-order valence-corrected chi connectivity index (χ3v) is 3.41. The van der Waals surface area contributed by atoms with Crippen LogP contribution in [0.25, 0.3) is 5.69 Å². The maximum absolute atomic E-state index is 14.1. The monoisotopic (exact) mass is 355 g/mol. The van der Waals surface area contributed by atoms with Crippen LogP contribution < -0.4 is 5.73 Å². The van der Waals surface area contributed by atoms with E-state index in [9.17, 15) is 9.18 Å². The summed E-state index contributed by atoms with van der Waals surface area (Å²) in [5.41, 5.74) is 6.22. The van der Waals surface area contributed by atoms with E-state index < -0.39 is 11.8 Å². The minimum Gasteiger partial charge on any atom is -0.461 e. The minimum absolute atomic E-state index is 0.00748. The summed E-state index contributed by atoms with van der Waals surface area (Å²) in [4.78, 5) is 16.0. The first-order valence-electron chi connectivity index (χ1n) is 6.49. The van der Waals surface area contributed by atoms with Crippen LogP contribution in [-0.2, 0) is 11.2 Å². The molecule has 2 aromatic rings. The number of aromatic nitrogens is 2. The summed E-state index contributed by atoms with van der Waals surface area (Å²) >= 11 is 3.29. The number of benzene rings is 1. The average Bonchev–Trinajstić information content (AvgIpc) is 2.78. The Morgan fingerprint density at radius 1 is 1.48 bits per heavy atom. The van der Waals surface area contributed by atoms with Gasteiger partial charge < -0.3 is 10.5 Å². The standard InChI is InChI=1S/C14H15BrFN3O2/c1-3-11-18-12(14(20)21-4-2)13(17)19(11)10-7-8(15)5-6-9(10)16/h5-7H,3-4,17H2,1-2H3. The zero-order valence-corrected chi connectivity index (χ0v) is 13.3. The van der Waals surface area contributed by atoms with Gasteiger partial charge in [0.25, 0.3) is 0 Å². The van der Waals surface area contributed by atoms with Gasteiger partial charge in [0.05, 0.1) is 12.3 Å². The Balaban J connectivity index is 2.63. The Morgan fingerprint density at radius 3 is 2.81 bits per heavy atom. The zero-order chi connectivity index (χ0) is 15.6. The van der Waals surface area contributed by atoms with Crippen LogP contribution in [0.3, 0.4) is 0 Å².